The van der Waals surface area contributed by atoms with E-state index in [4.69, 9.17) is 4.74 Å². The molecule has 1 aliphatic heterocycles. The Morgan fingerprint density at radius 3 is 2.54 bits per heavy atom. The van der Waals surface area contributed by atoms with Crippen molar-refractivity contribution in [2.24, 2.45) is 5.92 Å². The summed E-state index contributed by atoms with van der Waals surface area (Å²) in [4.78, 5) is 6.68. The Hall–Kier alpha value is -2.78. The lowest BCUT2D eigenvalue weighted by Gasteiger charge is -2.37. The maximum absolute atomic E-state index is 13.7. The van der Waals surface area contributed by atoms with Crippen LogP contribution in [0.4, 0.5) is 0 Å². The number of aliphatic hydroxyl groups is 1. The standard InChI is InChI=1S/C27H33N3O4S/c1-20-16-30(21(2)19-31)35(32,33)27-13-12-23(22-9-5-4-6-10-22)15-25(27)34-26(20)18-29(3)17-24-11-7-8-14-28-24/h4-15,20-21,26,31H,16-19H2,1-3H3/t20-,21-,26+/m1/s1. The molecule has 35 heavy (non-hydrogen) atoms. The highest BCUT2D eigenvalue weighted by Gasteiger charge is 2.38. The number of likely N-dealkylation sites (N-methyl/N-ethyl adjacent to an activating group) is 1. The monoisotopic (exact) mass is 495 g/mol. The number of rotatable bonds is 7. The molecule has 0 amide bonds. The van der Waals surface area contributed by atoms with E-state index in [9.17, 15) is 13.5 Å². The number of aromatic nitrogens is 1. The van der Waals surface area contributed by atoms with Gasteiger partial charge in [0, 0.05) is 37.8 Å². The summed E-state index contributed by atoms with van der Waals surface area (Å²) >= 11 is 0. The van der Waals surface area contributed by atoms with E-state index in [2.05, 4.69) is 9.88 Å². The fourth-order valence-corrected chi connectivity index (χ4v) is 6.22. The van der Waals surface area contributed by atoms with Gasteiger partial charge in [-0.15, -0.1) is 0 Å². The number of fused-ring (bicyclic) bond motifs is 1. The molecule has 0 aliphatic carbocycles. The molecule has 1 aliphatic rings. The van der Waals surface area contributed by atoms with E-state index < -0.39 is 16.1 Å². The topological polar surface area (TPSA) is 83.0 Å². The van der Waals surface area contributed by atoms with Gasteiger partial charge < -0.3 is 9.84 Å². The van der Waals surface area contributed by atoms with Gasteiger partial charge in [0.15, 0.2) is 0 Å². The average Bonchev–Trinajstić information content (AvgIpc) is 2.86. The molecule has 3 aromatic rings. The highest BCUT2D eigenvalue weighted by molar-refractivity contribution is 7.89. The van der Waals surface area contributed by atoms with E-state index in [1.807, 2.05) is 74.6 Å². The first kappa shape index (κ1) is 25.3. The SMILES string of the molecule is C[C@@H]1CN([C@H](C)CO)S(=O)(=O)c2ccc(-c3ccccc3)cc2O[C@H]1CN(C)Cc1ccccn1. The maximum atomic E-state index is 13.7. The number of benzene rings is 2. The molecule has 0 radical (unpaired) electrons. The van der Waals surface area contributed by atoms with Crippen molar-refractivity contribution in [3.8, 4) is 16.9 Å². The molecule has 1 aromatic heterocycles. The Balaban J connectivity index is 1.72. The van der Waals surface area contributed by atoms with E-state index in [0.29, 0.717) is 18.8 Å². The average molecular weight is 496 g/mol. The molecular weight excluding hydrogens is 462 g/mol. The predicted molar refractivity (Wildman–Crippen MR) is 136 cm³/mol. The Labute approximate surface area is 208 Å². The van der Waals surface area contributed by atoms with Crippen molar-refractivity contribution in [2.45, 2.75) is 37.4 Å². The van der Waals surface area contributed by atoms with Gasteiger partial charge in [0.05, 0.1) is 12.3 Å². The van der Waals surface area contributed by atoms with E-state index in [-0.39, 0.29) is 30.1 Å². The van der Waals surface area contributed by atoms with Gasteiger partial charge in [-0.1, -0.05) is 49.4 Å². The lowest BCUT2D eigenvalue weighted by molar-refractivity contribution is 0.0731. The van der Waals surface area contributed by atoms with Crippen molar-refractivity contribution < 1.29 is 18.3 Å². The Bertz CT molecular complexity index is 1220. The summed E-state index contributed by atoms with van der Waals surface area (Å²) in [7, 11) is -1.85. The van der Waals surface area contributed by atoms with Crippen molar-refractivity contribution in [2.75, 3.05) is 26.7 Å². The number of sulfonamides is 1. The zero-order chi connectivity index (χ0) is 25.0. The quantitative estimate of drug-likeness (QED) is 0.539. The van der Waals surface area contributed by atoms with Crippen LogP contribution in [0, 0.1) is 5.92 Å². The van der Waals surface area contributed by atoms with Crippen LogP contribution in [0.5, 0.6) is 5.75 Å². The van der Waals surface area contributed by atoms with Crippen molar-refractivity contribution in [3.63, 3.8) is 0 Å². The first-order chi connectivity index (χ1) is 16.8. The van der Waals surface area contributed by atoms with Crippen molar-refractivity contribution in [1.29, 1.82) is 0 Å². The van der Waals surface area contributed by atoms with E-state index in [0.717, 1.165) is 16.8 Å². The zero-order valence-electron chi connectivity index (χ0n) is 20.4. The van der Waals surface area contributed by atoms with Gasteiger partial charge in [-0.2, -0.15) is 4.31 Å². The molecule has 3 atom stereocenters. The summed E-state index contributed by atoms with van der Waals surface area (Å²) in [6.45, 7) is 4.97. The molecule has 0 saturated heterocycles. The highest BCUT2D eigenvalue weighted by atomic mass is 32.2. The second kappa shape index (κ2) is 10.9. The minimum Gasteiger partial charge on any atom is -0.487 e. The van der Waals surface area contributed by atoms with Crippen LogP contribution in [-0.4, -0.2) is 66.6 Å². The second-order valence-corrected chi connectivity index (χ2v) is 11.1. The van der Waals surface area contributed by atoms with Gasteiger partial charge >= 0.3 is 0 Å². The number of nitrogens with zero attached hydrogens (tertiary/aromatic N) is 3. The number of ether oxygens (including phenoxy) is 1. The number of hydrogen-bond donors (Lipinski definition) is 1. The van der Waals surface area contributed by atoms with E-state index >= 15 is 0 Å². The third-order valence-electron chi connectivity index (χ3n) is 6.42. The fraction of sp³-hybridized carbons (Fsp3) is 0.370. The molecule has 2 heterocycles. The molecule has 186 valence electrons. The van der Waals surface area contributed by atoms with Crippen LogP contribution in [0.2, 0.25) is 0 Å². The van der Waals surface area contributed by atoms with E-state index in [1.54, 1.807) is 19.2 Å². The molecule has 4 rings (SSSR count). The highest BCUT2D eigenvalue weighted by Crippen LogP contribution is 2.36. The molecule has 8 heteroatoms. The van der Waals surface area contributed by atoms with Crippen LogP contribution in [0.1, 0.15) is 19.5 Å². The van der Waals surface area contributed by atoms with Gasteiger partial charge in [0.1, 0.15) is 16.7 Å². The molecule has 7 nitrogen and oxygen atoms in total. The zero-order valence-corrected chi connectivity index (χ0v) is 21.2. The van der Waals surface area contributed by atoms with Crippen molar-refractivity contribution in [1.82, 2.24) is 14.2 Å². The Morgan fingerprint density at radius 1 is 1.11 bits per heavy atom. The molecule has 0 fully saturated rings. The van der Waals surface area contributed by atoms with Gasteiger partial charge in [-0.25, -0.2) is 8.42 Å². The summed E-state index contributed by atoms with van der Waals surface area (Å²) in [5.74, 6) is 0.225. The van der Waals surface area contributed by atoms with Crippen molar-refractivity contribution >= 4 is 10.0 Å². The molecule has 1 N–H and O–H groups in total. The van der Waals surface area contributed by atoms with Gasteiger partial charge in [-0.3, -0.25) is 9.88 Å². The predicted octanol–water partition coefficient (Wildman–Crippen LogP) is 3.65. The fourth-order valence-electron chi connectivity index (χ4n) is 4.39. The van der Waals surface area contributed by atoms with Gasteiger partial charge in [-0.05, 0) is 49.4 Å². The summed E-state index contributed by atoms with van der Waals surface area (Å²) in [5, 5.41) is 9.83. The summed E-state index contributed by atoms with van der Waals surface area (Å²) < 4.78 is 35.2. The van der Waals surface area contributed by atoms with Gasteiger partial charge in [0.25, 0.3) is 0 Å². The summed E-state index contributed by atoms with van der Waals surface area (Å²) in [6.07, 6.45) is 1.51. The van der Waals surface area contributed by atoms with Gasteiger partial charge in [0.2, 0.25) is 10.0 Å². The minimum atomic E-state index is -3.86. The van der Waals surface area contributed by atoms with Crippen LogP contribution in [-0.2, 0) is 16.6 Å². The smallest absolute Gasteiger partial charge is 0.247 e. The maximum Gasteiger partial charge on any atom is 0.247 e. The van der Waals surface area contributed by atoms with Crippen LogP contribution < -0.4 is 4.74 Å². The minimum absolute atomic E-state index is 0.113. The lowest BCUT2D eigenvalue weighted by Crippen LogP contribution is -2.49. The number of aliphatic hydroxyl groups excluding tert-OH is 1. The Morgan fingerprint density at radius 2 is 1.86 bits per heavy atom. The second-order valence-electron chi connectivity index (χ2n) is 9.29. The van der Waals surface area contributed by atoms with E-state index in [1.165, 1.54) is 4.31 Å². The lowest BCUT2D eigenvalue weighted by atomic mass is 10.0. The molecular formula is C27H33N3O4S. The number of hydrogen-bond acceptors (Lipinski definition) is 6. The van der Waals surface area contributed by atoms with Crippen LogP contribution in [0.3, 0.4) is 0 Å². The summed E-state index contributed by atoms with van der Waals surface area (Å²) in [5.41, 5.74) is 2.82. The summed E-state index contributed by atoms with van der Waals surface area (Å²) in [6, 6.07) is 20.4. The first-order valence-corrected chi connectivity index (χ1v) is 13.3. The molecule has 2 aromatic carbocycles. The molecule has 0 bridgehead atoms. The largest absolute Gasteiger partial charge is 0.487 e. The van der Waals surface area contributed by atoms with Crippen LogP contribution in [0.15, 0.2) is 77.8 Å². The first-order valence-electron chi connectivity index (χ1n) is 11.9. The third-order valence-corrected chi connectivity index (χ3v) is 8.44. The third kappa shape index (κ3) is 5.73. The van der Waals surface area contributed by atoms with Crippen LogP contribution >= 0.6 is 0 Å². The molecule has 0 saturated carbocycles. The molecule has 0 spiro atoms. The normalized spacial score (nSPS) is 20.9. The molecule has 0 unspecified atom stereocenters. The van der Waals surface area contributed by atoms with Crippen molar-refractivity contribution in [3.05, 3.63) is 78.6 Å². The number of pyridine rings is 1. The Kier molecular flexibility index (Phi) is 7.86. The van der Waals surface area contributed by atoms with Crippen LogP contribution in [0.25, 0.3) is 11.1 Å².